The minimum absolute atomic E-state index is 0.209. The molecule has 1 atom stereocenters. The summed E-state index contributed by atoms with van der Waals surface area (Å²) < 4.78 is 0. The van der Waals surface area contributed by atoms with Gasteiger partial charge in [-0.3, -0.25) is 14.4 Å². The van der Waals surface area contributed by atoms with E-state index in [1.54, 1.807) is 36.1 Å². The lowest BCUT2D eigenvalue weighted by atomic mass is 10.1. The fourth-order valence-corrected chi connectivity index (χ4v) is 2.14. The number of nitrogens with one attached hydrogen (secondary N) is 1. The van der Waals surface area contributed by atoms with Crippen LogP contribution >= 0.6 is 11.6 Å². The third-order valence-corrected chi connectivity index (χ3v) is 3.23. The molecule has 1 aromatic carbocycles. The second-order valence-corrected chi connectivity index (χ2v) is 4.64. The van der Waals surface area contributed by atoms with Crippen molar-refractivity contribution in [2.45, 2.75) is 13.3 Å². The van der Waals surface area contributed by atoms with Crippen LogP contribution in [0.15, 0.2) is 24.3 Å². The molecule has 0 radical (unpaired) electrons. The lowest BCUT2D eigenvalue weighted by molar-refractivity contribution is -0.141. The van der Waals surface area contributed by atoms with Gasteiger partial charge in [-0.15, -0.1) is 0 Å². The van der Waals surface area contributed by atoms with Crippen LogP contribution in [0.2, 0.25) is 5.02 Å². The van der Waals surface area contributed by atoms with Crippen LogP contribution < -0.4 is 10.4 Å². The first kappa shape index (κ1) is 13.8. The fraction of sp³-hybridized carbons (Fsp3) is 0.385. The molecule has 6 heteroatoms. The number of hydrogen-bond donors (Lipinski definition) is 1. The first-order chi connectivity index (χ1) is 9.13. The number of carbonyl (C=O) groups is 2. The molecule has 102 valence electrons. The molecule has 19 heavy (non-hydrogen) atoms. The maximum Gasteiger partial charge on any atom is 0.256 e. The summed E-state index contributed by atoms with van der Waals surface area (Å²) in [5.41, 5.74) is 3.03. The van der Waals surface area contributed by atoms with Gasteiger partial charge in [0.15, 0.2) is 0 Å². The van der Waals surface area contributed by atoms with Gasteiger partial charge in [-0.1, -0.05) is 11.6 Å². The van der Waals surface area contributed by atoms with Gasteiger partial charge in [-0.05, 0) is 37.6 Å². The molecule has 0 aromatic heterocycles. The SMILES string of the molecule is CCONC(=O)C1CCN(c2ccc(Cl)cc2)C1=O. The van der Waals surface area contributed by atoms with Crippen LogP contribution in [0.1, 0.15) is 13.3 Å². The summed E-state index contributed by atoms with van der Waals surface area (Å²) in [7, 11) is 0. The Morgan fingerprint density at radius 2 is 2.16 bits per heavy atom. The van der Waals surface area contributed by atoms with Gasteiger partial charge < -0.3 is 4.90 Å². The molecule has 0 aliphatic carbocycles. The minimum Gasteiger partial charge on any atom is -0.312 e. The topological polar surface area (TPSA) is 58.6 Å². The van der Waals surface area contributed by atoms with Gasteiger partial charge in [0.25, 0.3) is 5.91 Å². The van der Waals surface area contributed by atoms with E-state index in [2.05, 4.69) is 5.48 Å². The standard InChI is InChI=1S/C13H15ClN2O3/c1-2-19-15-12(17)11-7-8-16(13(11)18)10-5-3-9(14)4-6-10/h3-6,11H,2,7-8H2,1H3,(H,15,17). The number of hydrogen-bond acceptors (Lipinski definition) is 3. The van der Waals surface area contributed by atoms with E-state index >= 15 is 0 Å². The van der Waals surface area contributed by atoms with Crippen molar-refractivity contribution >= 4 is 29.1 Å². The van der Waals surface area contributed by atoms with Gasteiger partial charge in [-0.25, -0.2) is 5.48 Å². The molecule has 1 unspecified atom stereocenters. The first-order valence-corrected chi connectivity index (χ1v) is 6.50. The molecular formula is C13H15ClN2O3. The molecule has 5 nitrogen and oxygen atoms in total. The van der Waals surface area contributed by atoms with E-state index in [9.17, 15) is 9.59 Å². The number of rotatable bonds is 4. The third kappa shape index (κ3) is 3.05. The molecular weight excluding hydrogens is 268 g/mol. The van der Waals surface area contributed by atoms with Gasteiger partial charge in [0.1, 0.15) is 5.92 Å². The minimum atomic E-state index is -0.678. The Kier molecular flexibility index (Phi) is 4.39. The number of amides is 2. The Balaban J connectivity index is 2.05. The highest BCUT2D eigenvalue weighted by Gasteiger charge is 2.37. The first-order valence-electron chi connectivity index (χ1n) is 6.12. The molecule has 2 rings (SSSR count). The molecule has 1 N–H and O–H groups in total. The number of nitrogens with zero attached hydrogens (tertiary/aromatic N) is 1. The molecule has 1 heterocycles. The van der Waals surface area contributed by atoms with E-state index in [1.165, 1.54) is 0 Å². The van der Waals surface area contributed by atoms with Crippen LogP contribution in [0.4, 0.5) is 5.69 Å². The summed E-state index contributed by atoms with van der Waals surface area (Å²) in [5, 5.41) is 0.612. The number of anilines is 1. The zero-order valence-corrected chi connectivity index (χ0v) is 11.3. The van der Waals surface area contributed by atoms with E-state index < -0.39 is 5.92 Å². The summed E-state index contributed by atoms with van der Waals surface area (Å²) in [6.07, 6.45) is 0.486. The Morgan fingerprint density at radius 3 is 2.79 bits per heavy atom. The summed E-state index contributed by atoms with van der Waals surface area (Å²) in [4.78, 5) is 30.3. The zero-order chi connectivity index (χ0) is 13.8. The van der Waals surface area contributed by atoms with Gasteiger partial charge in [0.2, 0.25) is 5.91 Å². The molecule has 1 aromatic rings. The van der Waals surface area contributed by atoms with E-state index in [4.69, 9.17) is 16.4 Å². The maximum atomic E-state index is 12.2. The van der Waals surface area contributed by atoms with Crippen LogP contribution in [0.3, 0.4) is 0 Å². The van der Waals surface area contributed by atoms with E-state index in [-0.39, 0.29) is 11.8 Å². The number of hydroxylamine groups is 1. The fourth-order valence-electron chi connectivity index (χ4n) is 2.02. The summed E-state index contributed by atoms with van der Waals surface area (Å²) in [5.74, 6) is -1.27. The zero-order valence-electron chi connectivity index (χ0n) is 10.6. The lowest BCUT2D eigenvalue weighted by Crippen LogP contribution is -2.36. The van der Waals surface area contributed by atoms with Crippen molar-refractivity contribution in [1.29, 1.82) is 0 Å². The molecule has 0 saturated carbocycles. The average molecular weight is 283 g/mol. The van der Waals surface area contributed by atoms with E-state index in [0.29, 0.717) is 24.6 Å². The van der Waals surface area contributed by atoms with Gasteiger partial charge in [0, 0.05) is 17.3 Å². The summed E-state index contributed by atoms with van der Waals surface area (Å²) in [6, 6.07) is 6.97. The molecule has 1 fully saturated rings. The molecule has 2 amide bonds. The highest BCUT2D eigenvalue weighted by atomic mass is 35.5. The summed E-state index contributed by atoms with van der Waals surface area (Å²) >= 11 is 5.81. The maximum absolute atomic E-state index is 12.2. The largest absolute Gasteiger partial charge is 0.312 e. The number of carbonyl (C=O) groups excluding carboxylic acids is 2. The highest BCUT2D eigenvalue weighted by molar-refractivity contribution is 6.30. The van der Waals surface area contributed by atoms with Gasteiger partial charge in [0.05, 0.1) is 6.61 Å². The van der Waals surface area contributed by atoms with Crippen LogP contribution in [-0.4, -0.2) is 25.0 Å². The van der Waals surface area contributed by atoms with E-state index in [0.717, 1.165) is 5.69 Å². The monoisotopic (exact) mass is 282 g/mol. The van der Waals surface area contributed by atoms with Crippen molar-refractivity contribution in [3.8, 4) is 0 Å². The molecule has 1 aliphatic heterocycles. The normalized spacial score (nSPS) is 18.7. The van der Waals surface area contributed by atoms with Crippen molar-refractivity contribution in [3.05, 3.63) is 29.3 Å². The lowest BCUT2D eigenvalue weighted by Gasteiger charge is -2.16. The Hall–Kier alpha value is -1.59. The molecule has 0 bridgehead atoms. The third-order valence-electron chi connectivity index (χ3n) is 2.98. The Bertz CT molecular complexity index is 475. The van der Waals surface area contributed by atoms with Crippen molar-refractivity contribution in [3.63, 3.8) is 0 Å². The second-order valence-electron chi connectivity index (χ2n) is 4.21. The van der Waals surface area contributed by atoms with E-state index in [1.807, 2.05) is 0 Å². The van der Waals surface area contributed by atoms with Crippen LogP contribution in [-0.2, 0) is 14.4 Å². The number of halogens is 1. The van der Waals surface area contributed by atoms with Crippen molar-refractivity contribution < 1.29 is 14.4 Å². The number of benzene rings is 1. The van der Waals surface area contributed by atoms with Crippen LogP contribution in [0, 0.1) is 5.92 Å². The van der Waals surface area contributed by atoms with Gasteiger partial charge in [-0.2, -0.15) is 0 Å². The van der Waals surface area contributed by atoms with Crippen molar-refractivity contribution in [2.75, 3.05) is 18.1 Å². The van der Waals surface area contributed by atoms with Crippen molar-refractivity contribution in [1.82, 2.24) is 5.48 Å². The van der Waals surface area contributed by atoms with Gasteiger partial charge >= 0.3 is 0 Å². The average Bonchev–Trinajstić information content (AvgIpc) is 2.79. The predicted octanol–water partition coefficient (Wildman–Crippen LogP) is 1.76. The molecule has 1 aliphatic rings. The highest BCUT2D eigenvalue weighted by Crippen LogP contribution is 2.26. The Labute approximate surface area is 116 Å². The summed E-state index contributed by atoms with van der Waals surface area (Å²) in [6.45, 7) is 2.65. The quantitative estimate of drug-likeness (QED) is 0.676. The second kappa shape index (κ2) is 6.04. The van der Waals surface area contributed by atoms with Crippen molar-refractivity contribution in [2.24, 2.45) is 5.92 Å². The Morgan fingerprint density at radius 1 is 1.47 bits per heavy atom. The molecule has 1 saturated heterocycles. The smallest absolute Gasteiger partial charge is 0.256 e. The van der Waals surface area contributed by atoms with Crippen LogP contribution in [0.5, 0.6) is 0 Å². The van der Waals surface area contributed by atoms with Crippen LogP contribution in [0.25, 0.3) is 0 Å². The predicted molar refractivity (Wildman–Crippen MR) is 71.7 cm³/mol. The molecule has 0 spiro atoms.